The lowest BCUT2D eigenvalue weighted by molar-refractivity contribution is -0.123. The zero-order chi connectivity index (χ0) is 16.6. The Morgan fingerprint density at radius 3 is 2.39 bits per heavy atom. The Labute approximate surface area is 139 Å². The minimum absolute atomic E-state index is 0.183. The van der Waals surface area contributed by atoms with Gasteiger partial charge in [0.25, 0.3) is 11.8 Å². The summed E-state index contributed by atoms with van der Waals surface area (Å²) >= 11 is 3.43. The molecule has 23 heavy (non-hydrogen) atoms. The molecule has 116 valence electrons. The molecule has 0 saturated carbocycles. The van der Waals surface area contributed by atoms with Crippen molar-refractivity contribution < 1.29 is 18.8 Å². The summed E-state index contributed by atoms with van der Waals surface area (Å²) in [6.07, 6.45) is 1.30. The van der Waals surface area contributed by atoms with Crippen LogP contribution in [0.15, 0.2) is 44.8 Å². The molecule has 0 aliphatic carbocycles. The van der Waals surface area contributed by atoms with Gasteiger partial charge in [-0.25, -0.2) is 4.79 Å². The number of hydrogen-bond donors (Lipinski definition) is 2. The minimum Gasteiger partial charge on any atom is -0.457 e. The Morgan fingerprint density at radius 1 is 1.04 bits per heavy atom. The van der Waals surface area contributed by atoms with Crippen molar-refractivity contribution in [2.75, 3.05) is 0 Å². The molecule has 1 fully saturated rings. The highest BCUT2D eigenvalue weighted by Crippen LogP contribution is 2.27. The molecule has 3 rings (SSSR count). The molecular formula is C16H11BrN2O4. The maximum Gasteiger partial charge on any atom is 0.328 e. The van der Waals surface area contributed by atoms with E-state index in [2.05, 4.69) is 15.9 Å². The van der Waals surface area contributed by atoms with Crippen LogP contribution in [0.4, 0.5) is 4.79 Å². The number of aryl methyl sites for hydroxylation is 1. The summed E-state index contributed by atoms with van der Waals surface area (Å²) < 4.78 is 6.65. The number of hydrogen-bond acceptors (Lipinski definition) is 4. The Morgan fingerprint density at radius 2 is 1.74 bits per heavy atom. The van der Waals surface area contributed by atoms with Gasteiger partial charge in [-0.15, -0.1) is 0 Å². The molecule has 7 heteroatoms. The standard InChI is InChI=1S/C16H11BrN2O4/c1-8-6-9(2-4-12(8)17)13-5-3-10(23-13)7-11-14(20)18-16(22)19-15(11)21/h2-7H,1H3,(H2,18,19,20,21,22). The second kappa shape index (κ2) is 5.85. The molecule has 0 atom stereocenters. The lowest BCUT2D eigenvalue weighted by atomic mass is 10.1. The molecule has 1 aliphatic rings. The SMILES string of the molecule is Cc1cc(-c2ccc(C=C3C(=O)NC(=O)NC3=O)o2)ccc1Br. The number of urea groups is 1. The fourth-order valence-corrected chi connectivity index (χ4v) is 2.38. The van der Waals surface area contributed by atoms with E-state index in [0.717, 1.165) is 15.6 Å². The van der Waals surface area contributed by atoms with Gasteiger partial charge in [0.1, 0.15) is 17.1 Å². The third-order valence-electron chi connectivity index (χ3n) is 3.30. The molecule has 2 heterocycles. The van der Waals surface area contributed by atoms with Crippen molar-refractivity contribution in [2.24, 2.45) is 0 Å². The lowest BCUT2D eigenvalue weighted by Crippen LogP contribution is -2.51. The van der Waals surface area contributed by atoms with Gasteiger partial charge >= 0.3 is 6.03 Å². The van der Waals surface area contributed by atoms with Crippen LogP contribution in [0.5, 0.6) is 0 Å². The van der Waals surface area contributed by atoms with Gasteiger partial charge in [-0.05, 0) is 42.8 Å². The van der Waals surface area contributed by atoms with E-state index >= 15 is 0 Å². The average molecular weight is 375 g/mol. The molecule has 1 aliphatic heterocycles. The Kier molecular flexibility index (Phi) is 3.87. The molecule has 4 amide bonds. The van der Waals surface area contributed by atoms with Crippen LogP contribution in [0.1, 0.15) is 11.3 Å². The zero-order valence-corrected chi connectivity index (χ0v) is 13.6. The fourth-order valence-electron chi connectivity index (χ4n) is 2.13. The van der Waals surface area contributed by atoms with E-state index < -0.39 is 17.8 Å². The molecule has 0 bridgehead atoms. The zero-order valence-electron chi connectivity index (χ0n) is 12.0. The van der Waals surface area contributed by atoms with Crippen LogP contribution < -0.4 is 10.6 Å². The number of halogens is 1. The molecule has 2 aromatic rings. The first-order chi connectivity index (χ1) is 10.9. The summed E-state index contributed by atoms with van der Waals surface area (Å²) in [4.78, 5) is 34.4. The number of amides is 4. The summed E-state index contributed by atoms with van der Waals surface area (Å²) in [5.74, 6) is -0.553. The van der Waals surface area contributed by atoms with Gasteiger partial charge in [0, 0.05) is 10.0 Å². The van der Waals surface area contributed by atoms with Crippen LogP contribution in [0, 0.1) is 6.92 Å². The second-order valence-corrected chi connectivity index (χ2v) is 5.82. The molecule has 1 aromatic heterocycles. The van der Waals surface area contributed by atoms with Crippen LogP contribution >= 0.6 is 15.9 Å². The highest BCUT2D eigenvalue weighted by atomic mass is 79.9. The van der Waals surface area contributed by atoms with Gasteiger partial charge < -0.3 is 4.42 Å². The molecule has 6 nitrogen and oxygen atoms in total. The summed E-state index contributed by atoms with van der Waals surface area (Å²) in [7, 11) is 0. The number of imide groups is 2. The predicted octanol–water partition coefficient (Wildman–Crippen LogP) is 2.77. The largest absolute Gasteiger partial charge is 0.457 e. The molecule has 0 radical (unpaired) electrons. The van der Waals surface area contributed by atoms with E-state index in [1.165, 1.54) is 6.08 Å². The number of rotatable bonds is 2. The molecule has 1 aromatic carbocycles. The normalized spacial score (nSPS) is 14.5. The maximum atomic E-state index is 11.7. The monoisotopic (exact) mass is 374 g/mol. The van der Waals surface area contributed by atoms with Crippen molar-refractivity contribution in [3.05, 3.63) is 51.7 Å². The highest BCUT2D eigenvalue weighted by Gasteiger charge is 2.28. The van der Waals surface area contributed by atoms with Crippen molar-refractivity contribution in [1.29, 1.82) is 0 Å². The summed E-state index contributed by atoms with van der Waals surface area (Å²) in [5, 5.41) is 4.01. The van der Waals surface area contributed by atoms with Gasteiger partial charge in [-0.3, -0.25) is 20.2 Å². The lowest BCUT2D eigenvalue weighted by Gasteiger charge is -2.13. The van der Waals surface area contributed by atoms with E-state index in [1.54, 1.807) is 12.1 Å². The van der Waals surface area contributed by atoms with Crippen LogP contribution in [0.3, 0.4) is 0 Å². The van der Waals surface area contributed by atoms with Crippen LogP contribution in [0.2, 0.25) is 0 Å². The number of carbonyl (C=O) groups excluding carboxylic acids is 3. The Bertz CT molecular complexity index is 845. The quantitative estimate of drug-likeness (QED) is 0.624. The van der Waals surface area contributed by atoms with Gasteiger partial charge in [-0.2, -0.15) is 0 Å². The fraction of sp³-hybridized carbons (Fsp3) is 0.0625. The summed E-state index contributed by atoms with van der Waals surface area (Å²) in [6.45, 7) is 1.97. The number of benzene rings is 1. The predicted molar refractivity (Wildman–Crippen MR) is 86.2 cm³/mol. The average Bonchev–Trinajstić information content (AvgIpc) is 2.94. The topological polar surface area (TPSA) is 88.4 Å². The van der Waals surface area contributed by atoms with Crippen molar-refractivity contribution >= 4 is 39.9 Å². The minimum atomic E-state index is -0.831. The van der Waals surface area contributed by atoms with Crippen molar-refractivity contribution in [3.63, 3.8) is 0 Å². The van der Waals surface area contributed by atoms with Crippen molar-refractivity contribution in [1.82, 2.24) is 10.6 Å². The van der Waals surface area contributed by atoms with Crippen LogP contribution in [-0.2, 0) is 9.59 Å². The first kappa shape index (κ1) is 15.2. The van der Waals surface area contributed by atoms with Gasteiger partial charge in [0.2, 0.25) is 0 Å². The Hall–Kier alpha value is -2.67. The van der Waals surface area contributed by atoms with Gasteiger partial charge in [0.15, 0.2) is 0 Å². The smallest absolute Gasteiger partial charge is 0.328 e. The van der Waals surface area contributed by atoms with Crippen molar-refractivity contribution in [3.8, 4) is 11.3 Å². The molecule has 0 spiro atoms. The number of carbonyl (C=O) groups is 3. The number of furan rings is 1. The van der Waals surface area contributed by atoms with Gasteiger partial charge in [0.05, 0.1) is 0 Å². The van der Waals surface area contributed by atoms with Crippen LogP contribution in [-0.4, -0.2) is 17.8 Å². The highest BCUT2D eigenvalue weighted by molar-refractivity contribution is 9.10. The third-order valence-corrected chi connectivity index (χ3v) is 4.19. The Balaban J connectivity index is 1.91. The van der Waals surface area contributed by atoms with Gasteiger partial charge in [-0.1, -0.05) is 22.0 Å². The molecular weight excluding hydrogens is 364 g/mol. The molecule has 2 N–H and O–H groups in total. The van der Waals surface area contributed by atoms with Crippen molar-refractivity contribution in [2.45, 2.75) is 6.92 Å². The first-order valence-electron chi connectivity index (χ1n) is 6.69. The molecule has 0 unspecified atom stereocenters. The second-order valence-electron chi connectivity index (χ2n) is 4.96. The molecule has 1 saturated heterocycles. The van der Waals surface area contributed by atoms with Crippen LogP contribution in [0.25, 0.3) is 17.4 Å². The van der Waals surface area contributed by atoms with E-state index in [4.69, 9.17) is 4.42 Å². The third kappa shape index (κ3) is 3.09. The summed E-state index contributed by atoms with van der Waals surface area (Å²) in [5.41, 5.74) is 1.75. The van der Waals surface area contributed by atoms with E-state index in [9.17, 15) is 14.4 Å². The number of barbiturate groups is 1. The maximum absolute atomic E-state index is 11.7. The number of nitrogens with one attached hydrogen (secondary N) is 2. The van der Waals surface area contributed by atoms with E-state index in [-0.39, 0.29) is 5.57 Å². The summed E-state index contributed by atoms with van der Waals surface area (Å²) in [6, 6.07) is 8.33. The first-order valence-corrected chi connectivity index (χ1v) is 7.48. The van der Waals surface area contributed by atoms with E-state index in [0.29, 0.717) is 11.5 Å². The van der Waals surface area contributed by atoms with E-state index in [1.807, 2.05) is 35.8 Å².